The molecule has 3 aromatic rings. The molecule has 1 heteroatoms. The van der Waals surface area contributed by atoms with Crippen molar-refractivity contribution in [1.82, 2.24) is 5.32 Å². The van der Waals surface area contributed by atoms with Crippen LogP contribution in [-0.2, 0) is 0 Å². The van der Waals surface area contributed by atoms with Crippen LogP contribution in [0, 0.1) is 0 Å². The largest absolute Gasteiger partial charge is 0.304 e. The molecule has 1 N–H and O–H groups in total. The molecule has 0 fully saturated rings. The van der Waals surface area contributed by atoms with Gasteiger partial charge in [-0.15, -0.1) is 0 Å². The Kier molecular flexibility index (Phi) is 5.01. The molecule has 0 aliphatic carbocycles. The van der Waals surface area contributed by atoms with E-state index in [1.807, 2.05) is 0 Å². The second-order valence-corrected chi connectivity index (χ2v) is 7.00. The van der Waals surface area contributed by atoms with Crippen LogP contribution < -0.4 is 5.32 Å². The first kappa shape index (κ1) is 16.7. The molecule has 0 radical (unpaired) electrons. The van der Waals surface area contributed by atoms with Gasteiger partial charge in [0.1, 0.15) is 0 Å². The average Bonchev–Trinajstić information content (AvgIpc) is 2.61. The third kappa shape index (κ3) is 3.52. The molecule has 3 rings (SSSR count). The molecule has 24 heavy (non-hydrogen) atoms. The highest BCUT2D eigenvalue weighted by molar-refractivity contribution is 5.86. The summed E-state index contributed by atoms with van der Waals surface area (Å²) in [4.78, 5) is 0. The molecular formula is C23H27N. The minimum atomic E-state index is 0.302. The van der Waals surface area contributed by atoms with Gasteiger partial charge in [0.05, 0.1) is 0 Å². The van der Waals surface area contributed by atoms with Crippen LogP contribution >= 0.6 is 0 Å². The number of rotatable bonds is 5. The molecule has 3 aromatic carbocycles. The Bertz CT molecular complexity index is 796. The van der Waals surface area contributed by atoms with Gasteiger partial charge in [-0.1, -0.05) is 80.6 Å². The van der Waals surface area contributed by atoms with Crippen LogP contribution in [0.15, 0.2) is 66.7 Å². The van der Waals surface area contributed by atoms with Crippen molar-refractivity contribution in [1.29, 1.82) is 0 Å². The third-order valence-electron chi connectivity index (χ3n) is 4.89. The SMILES string of the molecule is CC(C)c1ccc([C@@H](C)N[C@H](C)c2cccc3ccccc23)cc1. The lowest BCUT2D eigenvalue weighted by molar-refractivity contribution is 0.497. The van der Waals surface area contributed by atoms with Crippen LogP contribution in [0.5, 0.6) is 0 Å². The Hall–Kier alpha value is -2.12. The molecule has 0 aromatic heterocycles. The quantitative estimate of drug-likeness (QED) is 0.576. The highest BCUT2D eigenvalue weighted by Crippen LogP contribution is 2.27. The summed E-state index contributed by atoms with van der Waals surface area (Å²) in [6.45, 7) is 8.96. The van der Waals surface area contributed by atoms with E-state index in [1.54, 1.807) is 0 Å². The lowest BCUT2D eigenvalue weighted by Crippen LogP contribution is -2.22. The molecule has 2 atom stereocenters. The van der Waals surface area contributed by atoms with E-state index in [1.165, 1.54) is 27.5 Å². The minimum absolute atomic E-state index is 0.302. The number of hydrogen-bond acceptors (Lipinski definition) is 1. The number of benzene rings is 3. The molecular weight excluding hydrogens is 290 g/mol. The molecule has 0 aliphatic heterocycles. The molecule has 0 amide bonds. The summed E-state index contributed by atoms with van der Waals surface area (Å²) < 4.78 is 0. The number of nitrogens with one attached hydrogen (secondary N) is 1. The van der Waals surface area contributed by atoms with Gasteiger partial charge in [-0.2, -0.15) is 0 Å². The molecule has 0 saturated carbocycles. The summed E-state index contributed by atoms with van der Waals surface area (Å²) in [7, 11) is 0. The van der Waals surface area contributed by atoms with E-state index in [4.69, 9.17) is 0 Å². The number of fused-ring (bicyclic) bond motifs is 1. The van der Waals surface area contributed by atoms with Gasteiger partial charge in [-0.3, -0.25) is 0 Å². The maximum atomic E-state index is 3.75. The van der Waals surface area contributed by atoms with Crippen molar-refractivity contribution in [2.45, 2.75) is 45.7 Å². The Morgan fingerprint density at radius 3 is 1.96 bits per heavy atom. The smallest absolute Gasteiger partial charge is 0.0303 e. The van der Waals surface area contributed by atoms with Gasteiger partial charge in [0.25, 0.3) is 0 Å². The summed E-state index contributed by atoms with van der Waals surface area (Å²) in [6.07, 6.45) is 0. The van der Waals surface area contributed by atoms with E-state index in [0.29, 0.717) is 18.0 Å². The van der Waals surface area contributed by atoms with Crippen molar-refractivity contribution in [2.75, 3.05) is 0 Å². The van der Waals surface area contributed by atoms with Gasteiger partial charge in [-0.05, 0) is 47.2 Å². The summed E-state index contributed by atoms with van der Waals surface area (Å²) in [5, 5.41) is 6.39. The predicted octanol–water partition coefficient (Wildman–Crippen LogP) is 6.38. The molecule has 0 unspecified atom stereocenters. The molecule has 0 bridgehead atoms. The van der Waals surface area contributed by atoms with Gasteiger partial charge < -0.3 is 5.32 Å². The van der Waals surface area contributed by atoms with Gasteiger partial charge >= 0.3 is 0 Å². The van der Waals surface area contributed by atoms with Crippen LogP contribution in [-0.4, -0.2) is 0 Å². The van der Waals surface area contributed by atoms with Gasteiger partial charge in [0.2, 0.25) is 0 Å². The topological polar surface area (TPSA) is 12.0 Å². The minimum Gasteiger partial charge on any atom is -0.304 e. The van der Waals surface area contributed by atoms with Crippen molar-refractivity contribution >= 4 is 10.8 Å². The van der Waals surface area contributed by atoms with E-state index in [9.17, 15) is 0 Å². The summed E-state index contributed by atoms with van der Waals surface area (Å²) >= 11 is 0. The Labute approximate surface area is 145 Å². The molecule has 0 heterocycles. The third-order valence-corrected chi connectivity index (χ3v) is 4.89. The molecule has 1 nitrogen and oxygen atoms in total. The van der Waals surface area contributed by atoms with E-state index in [0.717, 1.165) is 0 Å². The zero-order chi connectivity index (χ0) is 17.1. The van der Waals surface area contributed by atoms with Crippen LogP contribution in [0.2, 0.25) is 0 Å². The van der Waals surface area contributed by atoms with Crippen LogP contribution in [0.3, 0.4) is 0 Å². The van der Waals surface area contributed by atoms with Gasteiger partial charge in [0.15, 0.2) is 0 Å². The highest BCUT2D eigenvalue weighted by Gasteiger charge is 2.13. The second-order valence-electron chi connectivity index (χ2n) is 7.00. The maximum Gasteiger partial charge on any atom is 0.0303 e. The van der Waals surface area contributed by atoms with Crippen LogP contribution in [0.25, 0.3) is 10.8 Å². The molecule has 0 aliphatic rings. The van der Waals surface area contributed by atoms with Gasteiger partial charge in [-0.25, -0.2) is 0 Å². The predicted molar refractivity (Wildman–Crippen MR) is 104 cm³/mol. The average molecular weight is 317 g/mol. The number of hydrogen-bond donors (Lipinski definition) is 1. The summed E-state index contributed by atoms with van der Waals surface area (Å²) in [5.41, 5.74) is 4.10. The Morgan fingerprint density at radius 2 is 1.25 bits per heavy atom. The first-order valence-corrected chi connectivity index (χ1v) is 8.90. The van der Waals surface area contributed by atoms with Crippen LogP contribution in [0.1, 0.15) is 62.4 Å². The first-order chi connectivity index (χ1) is 11.6. The van der Waals surface area contributed by atoms with Crippen molar-refractivity contribution in [3.05, 3.63) is 83.4 Å². The fourth-order valence-electron chi connectivity index (χ4n) is 3.36. The standard InChI is InChI=1S/C23H27N/c1-16(2)19-12-14-20(15-13-19)17(3)24-18(4)22-11-7-9-21-8-5-6-10-23(21)22/h5-18,24H,1-4H3/t17-,18-/m1/s1. The summed E-state index contributed by atoms with van der Waals surface area (Å²) in [5.74, 6) is 0.580. The normalized spacial score (nSPS) is 14.0. The fraction of sp³-hybridized carbons (Fsp3) is 0.304. The second kappa shape index (κ2) is 7.19. The zero-order valence-corrected chi connectivity index (χ0v) is 15.1. The first-order valence-electron chi connectivity index (χ1n) is 8.90. The fourth-order valence-corrected chi connectivity index (χ4v) is 3.36. The van der Waals surface area contributed by atoms with Gasteiger partial charge in [0, 0.05) is 12.1 Å². The Morgan fingerprint density at radius 1 is 0.625 bits per heavy atom. The summed E-state index contributed by atoms with van der Waals surface area (Å²) in [6, 6.07) is 24.8. The Balaban J connectivity index is 1.79. The van der Waals surface area contributed by atoms with E-state index in [-0.39, 0.29) is 0 Å². The molecule has 124 valence electrons. The van der Waals surface area contributed by atoms with Crippen molar-refractivity contribution in [3.8, 4) is 0 Å². The van der Waals surface area contributed by atoms with Crippen molar-refractivity contribution < 1.29 is 0 Å². The molecule has 0 spiro atoms. The van der Waals surface area contributed by atoms with E-state index >= 15 is 0 Å². The molecule has 0 saturated heterocycles. The maximum absolute atomic E-state index is 3.75. The van der Waals surface area contributed by atoms with Crippen molar-refractivity contribution in [2.24, 2.45) is 0 Å². The van der Waals surface area contributed by atoms with Crippen LogP contribution in [0.4, 0.5) is 0 Å². The van der Waals surface area contributed by atoms with E-state index in [2.05, 4.69) is 99.7 Å². The lowest BCUT2D eigenvalue weighted by atomic mass is 9.97. The van der Waals surface area contributed by atoms with Crippen molar-refractivity contribution in [3.63, 3.8) is 0 Å². The monoisotopic (exact) mass is 317 g/mol. The lowest BCUT2D eigenvalue weighted by Gasteiger charge is -2.22. The zero-order valence-electron chi connectivity index (χ0n) is 15.1. The van der Waals surface area contributed by atoms with E-state index < -0.39 is 0 Å². The highest BCUT2D eigenvalue weighted by atomic mass is 14.9.